The first-order valence-electron chi connectivity index (χ1n) is 9.78. The summed E-state index contributed by atoms with van der Waals surface area (Å²) in [6, 6.07) is 7.40. The molecule has 0 saturated carbocycles. The lowest BCUT2D eigenvalue weighted by Crippen LogP contribution is -2.14. The SMILES string of the molecule is COCC(C)n1c(C)cc(C(=O)CSc2nnc(-c3ccc(OC)cc3OC)o2)c1C. The maximum Gasteiger partial charge on any atom is 0.277 e. The van der Waals surface area contributed by atoms with Gasteiger partial charge >= 0.3 is 0 Å². The van der Waals surface area contributed by atoms with Crippen molar-refractivity contribution in [3.8, 4) is 23.0 Å². The van der Waals surface area contributed by atoms with Crippen molar-refractivity contribution in [1.29, 1.82) is 0 Å². The summed E-state index contributed by atoms with van der Waals surface area (Å²) in [7, 11) is 4.82. The molecular formula is C22H27N3O5S. The lowest BCUT2D eigenvalue weighted by atomic mass is 10.2. The second-order valence-electron chi connectivity index (χ2n) is 7.11. The van der Waals surface area contributed by atoms with Gasteiger partial charge in [-0.25, -0.2) is 0 Å². The van der Waals surface area contributed by atoms with Gasteiger partial charge in [0.2, 0.25) is 0 Å². The van der Waals surface area contributed by atoms with E-state index in [1.165, 1.54) is 11.8 Å². The van der Waals surface area contributed by atoms with Crippen LogP contribution in [0.25, 0.3) is 11.5 Å². The number of ketones is 1. The summed E-state index contributed by atoms with van der Waals surface area (Å²) in [4.78, 5) is 12.8. The Morgan fingerprint density at radius 1 is 1.16 bits per heavy atom. The van der Waals surface area contributed by atoms with Crippen molar-refractivity contribution in [1.82, 2.24) is 14.8 Å². The third-order valence-electron chi connectivity index (χ3n) is 5.01. The predicted molar refractivity (Wildman–Crippen MR) is 118 cm³/mol. The number of ether oxygens (including phenoxy) is 3. The van der Waals surface area contributed by atoms with Crippen molar-refractivity contribution >= 4 is 17.5 Å². The molecule has 1 aromatic carbocycles. The number of hydrogen-bond acceptors (Lipinski definition) is 8. The van der Waals surface area contributed by atoms with E-state index in [0.717, 1.165) is 11.4 Å². The fourth-order valence-electron chi connectivity index (χ4n) is 3.61. The number of carbonyl (C=O) groups is 1. The van der Waals surface area contributed by atoms with Gasteiger partial charge in [-0.3, -0.25) is 4.79 Å². The van der Waals surface area contributed by atoms with E-state index < -0.39 is 0 Å². The second kappa shape index (κ2) is 10.0. The van der Waals surface area contributed by atoms with Crippen molar-refractivity contribution in [2.24, 2.45) is 0 Å². The number of benzene rings is 1. The molecule has 0 N–H and O–H groups in total. The number of Topliss-reactive ketones (excluding diaryl/α,β-unsaturated/α-hetero) is 1. The molecule has 0 aliphatic heterocycles. The molecule has 2 aromatic heterocycles. The maximum atomic E-state index is 12.8. The lowest BCUT2D eigenvalue weighted by molar-refractivity contribution is 0.102. The Balaban J connectivity index is 1.72. The highest BCUT2D eigenvalue weighted by Gasteiger charge is 2.20. The van der Waals surface area contributed by atoms with E-state index in [1.54, 1.807) is 39.5 Å². The summed E-state index contributed by atoms with van der Waals surface area (Å²) in [5.74, 6) is 1.76. The van der Waals surface area contributed by atoms with Gasteiger partial charge in [0.15, 0.2) is 5.78 Å². The molecular weight excluding hydrogens is 418 g/mol. The van der Waals surface area contributed by atoms with E-state index in [2.05, 4.69) is 21.7 Å². The van der Waals surface area contributed by atoms with E-state index in [-0.39, 0.29) is 17.6 Å². The zero-order chi connectivity index (χ0) is 22.5. The summed E-state index contributed by atoms with van der Waals surface area (Å²) in [6.45, 7) is 6.60. The molecule has 0 saturated heterocycles. The van der Waals surface area contributed by atoms with Gasteiger partial charge in [0.05, 0.1) is 38.2 Å². The van der Waals surface area contributed by atoms with Crippen molar-refractivity contribution < 1.29 is 23.4 Å². The van der Waals surface area contributed by atoms with Crippen LogP contribution in [0.2, 0.25) is 0 Å². The van der Waals surface area contributed by atoms with Crippen LogP contribution in [0.15, 0.2) is 33.9 Å². The van der Waals surface area contributed by atoms with Gasteiger partial charge in [0, 0.05) is 30.1 Å². The molecule has 2 heterocycles. The van der Waals surface area contributed by atoms with Crippen molar-refractivity contribution in [3.63, 3.8) is 0 Å². The van der Waals surface area contributed by atoms with E-state index in [0.29, 0.717) is 40.3 Å². The lowest BCUT2D eigenvalue weighted by Gasteiger charge is -2.17. The molecule has 3 aromatic rings. The van der Waals surface area contributed by atoms with Crippen LogP contribution in [0.5, 0.6) is 11.5 Å². The van der Waals surface area contributed by atoms with Crippen LogP contribution in [-0.4, -0.2) is 54.2 Å². The number of rotatable bonds is 10. The van der Waals surface area contributed by atoms with Crippen molar-refractivity contribution in [2.45, 2.75) is 32.0 Å². The molecule has 0 spiro atoms. The number of carbonyl (C=O) groups excluding carboxylic acids is 1. The molecule has 166 valence electrons. The third kappa shape index (κ3) is 4.94. The van der Waals surface area contributed by atoms with Crippen LogP contribution in [0.3, 0.4) is 0 Å². The molecule has 31 heavy (non-hydrogen) atoms. The monoisotopic (exact) mass is 445 g/mol. The fraction of sp³-hybridized carbons (Fsp3) is 0.409. The van der Waals surface area contributed by atoms with Gasteiger partial charge in [0.25, 0.3) is 11.1 Å². The molecule has 0 amide bonds. The molecule has 0 aliphatic carbocycles. The first kappa shape index (κ1) is 22.9. The smallest absolute Gasteiger partial charge is 0.277 e. The summed E-state index contributed by atoms with van der Waals surface area (Å²) >= 11 is 1.21. The van der Waals surface area contributed by atoms with Gasteiger partial charge in [0.1, 0.15) is 11.5 Å². The first-order chi connectivity index (χ1) is 14.9. The minimum Gasteiger partial charge on any atom is -0.497 e. The topological polar surface area (TPSA) is 88.6 Å². The van der Waals surface area contributed by atoms with Crippen LogP contribution in [-0.2, 0) is 4.74 Å². The van der Waals surface area contributed by atoms with Gasteiger partial charge in [-0.15, -0.1) is 10.2 Å². The molecule has 8 nitrogen and oxygen atoms in total. The zero-order valence-electron chi connectivity index (χ0n) is 18.6. The molecule has 0 bridgehead atoms. The van der Waals surface area contributed by atoms with Crippen molar-refractivity contribution in [3.05, 3.63) is 41.2 Å². The molecule has 3 rings (SSSR count). The summed E-state index contributed by atoms with van der Waals surface area (Å²) in [5, 5.41) is 8.47. The Hall–Kier alpha value is -2.78. The van der Waals surface area contributed by atoms with Crippen LogP contribution in [0.4, 0.5) is 0 Å². The fourth-order valence-corrected chi connectivity index (χ4v) is 4.26. The Morgan fingerprint density at radius 3 is 2.61 bits per heavy atom. The Morgan fingerprint density at radius 2 is 1.94 bits per heavy atom. The number of hydrogen-bond donors (Lipinski definition) is 0. The van der Waals surface area contributed by atoms with Gasteiger partial charge in [-0.05, 0) is 39.0 Å². The Labute approximate surface area is 185 Å². The molecule has 1 atom stereocenters. The normalized spacial score (nSPS) is 12.1. The van der Waals surface area contributed by atoms with E-state index in [1.807, 2.05) is 19.9 Å². The highest BCUT2D eigenvalue weighted by atomic mass is 32.2. The van der Waals surface area contributed by atoms with Crippen molar-refractivity contribution in [2.75, 3.05) is 33.7 Å². The average Bonchev–Trinajstić information content (AvgIpc) is 3.35. The zero-order valence-corrected chi connectivity index (χ0v) is 19.4. The number of nitrogens with zero attached hydrogens (tertiary/aromatic N) is 3. The van der Waals surface area contributed by atoms with Gasteiger partial charge in [-0.1, -0.05) is 11.8 Å². The van der Waals surface area contributed by atoms with Crippen LogP contribution < -0.4 is 9.47 Å². The second-order valence-corrected chi connectivity index (χ2v) is 8.04. The molecule has 1 unspecified atom stereocenters. The highest BCUT2D eigenvalue weighted by molar-refractivity contribution is 7.99. The first-order valence-corrected chi connectivity index (χ1v) is 10.8. The number of methoxy groups -OCH3 is 3. The molecule has 0 fully saturated rings. The van der Waals surface area contributed by atoms with E-state index in [9.17, 15) is 4.79 Å². The Kier molecular flexibility index (Phi) is 7.40. The third-order valence-corrected chi connectivity index (χ3v) is 5.82. The average molecular weight is 446 g/mol. The molecule has 0 radical (unpaired) electrons. The standard InChI is InChI=1S/C22H27N3O5S/c1-13-9-18(15(3)25(13)14(2)11-27-4)19(26)12-31-22-24-23-21(30-22)17-8-7-16(28-5)10-20(17)29-6/h7-10,14H,11-12H2,1-6H3. The molecule has 9 heteroatoms. The quantitative estimate of drug-likeness (QED) is 0.336. The number of aromatic nitrogens is 3. The number of aryl methyl sites for hydroxylation is 1. The largest absolute Gasteiger partial charge is 0.497 e. The minimum atomic E-state index is 0.00995. The minimum absolute atomic E-state index is 0.00995. The van der Waals surface area contributed by atoms with Crippen LogP contribution in [0.1, 0.15) is 34.7 Å². The Bertz CT molecular complexity index is 1060. The maximum absolute atomic E-state index is 12.8. The van der Waals surface area contributed by atoms with E-state index in [4.69, 9.17) is 18.6 Å². The number of thioether (sulfide) groups is 1. The molecule has 0 aliphatic rings. The highest BCUT2D eigenvalue weighted by Crippen LogP contribution is 2.34. The van der Waals surface area contributed by atoms with Crippen LogP contribution >= 0.6 is 11.8 Å². The van der Waals surface area contributed by atoms with Gasteiger partial charge in [-0.2, -0.15) is 0 Å². The summed E-state index contributed by atoms with van der Waals surface area (Å²) in [6.07, 6.45) is 0. The summed E-state index contributed by atoms with van der Waals surface area (Å²) < 4.78 is 23.7. The predicted octanol–water partition coefficient (Wildman–Crippen LogP) is 4.35. The van der Waals surface area contributed by atoms with Gasteiger partial charge < -0.3 is 23.2 Å². The van der Waals surface area contributed by atoms with E-state index >= 15 is 0 Å². The summed E-state index contributed by atoms with van der Waals surface area (Å²) in [5.41, 5.74) is 3.32. The van der Waals surface area contributed by atoms with Crippen LogP contribution in [0, 0.1) is 13.8 Å².